The van der Waals surface area contributed by atoms with Crippen molar-refractivity contribution >= 4 is 23.5 Å². The molecule has 0 bridgehead atoms. The van der Waals surface area contributed by atoms with Crippen LogP contribution in [0.3, 0.4) is 0 Å². The molecule has 0 heterocycles. The Balaban J connectivity index is 2.39. The minimum atomic E-state index is -0.711. The van der Waals surface area contributed by atoms with Crippen molar-refractivity contribution in [1.82, 2.24) is 0 Å². The van der Waals surface area contributed by atoms with Gasteiger partial charge in [0.1, 0.15) is 0 Å². The van der Waals surface area contributed by atoms with Crippen LogP contribution < -0.4 is 10.1 Å². The van der Waals surface area contributed by atoms with Crippen LogP contribution in [-0.2, 0) is 9.47 Å². The van der Waals surface area contributed by atoms with Crippen molar-refractivity contribution in [2.45, 2.75) is 0 Å². The van der Waals surface area contributed by atoms with E-state index < -0.39 is 23.7 Å². The average Bonchev–Trinajstić information content (AvgIpc) is 2.66. The summed E-state index contributed by atoms with van der Waals surface area (Å²) in [4.78, 5) is 35.9. The molecule has 0 saturated carbocycles. The van der Waals surface area contributed by atoms with Crippen molar-refractivity contribution in [2.75, 3.05) is 26.6 Å². The summed E-state index contributed by atoms with van der Waals surface area (Å²) in [5, 5.41) is 2.47. The molecule has 136 valence electrons. The third kappa shape index (κ3) is 3.97. The molecule has 1 amide bonds. The molecule has 0 unspecified atom stereocenters. The predicted molar refractivity (Wildman–Crippen MR) is 90.0 cm³/mol. The molecular weight excluding hydrogens is 345 g/mol. The van der Waals surface area contributed by atoms with E-state index in [2.05, 4.69) is 14.8 Å². The van der Waals surface area contributed by atoms with Crippen LogP contribution in [0, 0.1) is 5.82 Å². The smallest absolute Gasteiger partial charge is 0.339 e. The number of ether oxygens (including phenoxy) is 3. The highest BCUT2D eigenvalue weighted by Gasteiger charge is 2.18. The Kier molecular flexibility index (Phi) is 5.90. The summed E-state index contributed by atoms with van der Waals surface area (Å²) < 4.78 is 27.9. The molecule has 0 fully saturated rings. The highest BCUT2D eigenvalue weighted by atomic mass is 19.1. The van der Waals surface area contributed by atoms with Crippen molar-refractivity contribution in [3.8, 4) is 5.75 Å². The van der Waals surface area contributed by atoms with Crippen LogP contribution in [0.2, 0.25) is 0 Å². The SMILES string of the molecule is COC(=O)c1ccc(C(=O)OC)c(NC(=O)c2ccc(OC)c(F)c2)c1. The Morgan fingerprint density at radius 3 is 2.12 bits per heavy atom. The molecule has 0 spiro atoms. The molecule has 0 aromatic heterocycles. The Labute approximate surface area is 148 Å². The maximum absolute atomic E-state index is 13.8. The molecule has 0 aliphatic heterocycles. The number of carbonyl (C=O) groups is 3. The van der Waals surface area contributed by atoms with Crippen LogP contribution in [0.5, 0.6) is 5.75 Å². The number of rotatable bonds is 5. The van der Waals surface area contributed by atoms with E-state index in [0.717, 1.165) is 6.07 Å². The summed E-state index contributed by atoms with van der Waals surface area (Å²) in [6.45, 7) is 0. The van der Waals surface area contributed by atoms with Crippen LogP contribution in [0.15, 0.2) is 36.4 Å². The first-order valence-electron chi connectivity index (χ1n) is 7.36. The van der Waals surface area contributed by atoms with Gasteiger partial charge < -0.3 is 19.5 Å². The van der Waals surface area contributed by atoms with E-state index in [1.54, 1.807) is 0 Å². The van der Waals surface area contributed by atoms with Crippen LogP contribution >= 0.6 is 0 Å². The lowest BCUT2D eigenvalue weighted by Gasteiger charge is -2.12. The Morgan fingerprint density at radius 1 is 0.885 bits per heavy atom. The van der Waals surface area contributed by atoms with Gasteiger partial charge in [0.2, 0.25) is 0 Å². The minimum absolute atomic E-state index is 0.00240. The van der Waals surface area contributed by atoms with Gasteiger partial charge in [0, 0.05) is 5.56 Å². The summed E-state index contributed by atoms with van der Waals surface area (Å²) in [6.07, 6.45) is 0. The summed E-state index contributed by atoms with van der Waals surface area (Å²) in [6, 6.07) is 7.62. The minimum Gasteiger partial charge on any atom is -0.494 e. The number of anilines is 1. The molecule has 0 atom stereocenters. The van der Waals surface area contributed by atoms with Gasteiger partial charge in [-0.05, 0) is 36.4 Å². The zero-order valence-corrected chi connectivity index (χ0v) is 14.3. The number of methoxy groups -OCH3 is 3. The first-order chi connectivity index (χ1) is 12.4. The van der Waals surface area contributed by atoms with Crippen molar-refractivity contribution in [3.63, 3.8) is 0 Å². The zero-order valence-electron chi connectivity index (χ0n) is 14.3. The van der Waals surface area contributed by atoms with Crippen molar-refractivity contribution in [3.05, 3.63) is 58.9 Å². The van der Waals surface area contributed by atoms with E-state index in [-0.39, 0.29) is 28.1 Å². The molecule has 2 aromatic carbocycles. The Morgan fingerprint density at radius 2 is 1.54 bits per heavy atom. The highest BCUT2D eigenvalue weighted by molar-refractivity contribution is 6.09. The molecule has 26 heavy (non-hydrogen) atoms. The van der Waals surface area contributed by atoms with E-state index in [1.165, 1.54) is 51.7 Å². The van der Waals surface area contributed by atoms with Crippen LogP contribution in [0.1, 0.15) is 31.1 Å². The second kappa shape index (κ2) is 8.11. The topological polar surface area (TPSA) is 90.9 Å². The van der Waals surface area contributed by atoms with E-state index in [1.807, 2.05) is 0 Å². The van der Waals surface area contributed by atoms with Crippen LogP contribution in [-0.4, -0.2) is 39.2 Å². The monoisotopic (exact) mass is 361 g/mol. The quantitative estimate of drug-likeness (QED) is 0.824. The molecule has 0 saturated heterocycles. The third-order valence-electron chi connectivity index (χ3n) is 3.51. The second-order valence-corrected chi connectivity index (χ2v) is 5.05. The average molecular weight is 361 g/mol. The van der Waals surface area contributed by atoms with Gasteiger partial charge in [-0.2, -0.15) is 0 Å². The summed E-state index contributed by atoms with van der Waals surface area (Å²) >= 11 is 0. The number of amides is 1. The van der Waals surface area contributed by atoms with Crippen LogP contribution in [0.4, 0.5) is 10.1 Å². The number of halogens is 1. The van der Waals surface area contributed by atoms with Crippen molar-refractivity contribution in [2.24, 2.45) is 0 Å². The van der Waals surface area contributed by atoms with Crippen molar-refractivity contribution in [1.29, 1.82) is 0 Å². The van der Waals surface area contributed by atoms with E-state index >= 15 is 0 Å². The van der Waals surface area contributed by atoms with Gasteiger partial charge in [-0.1, -0.05) is 0 Å². The van der Waals surface area contributed by atoms with Gasteiger partial charge in [0.15, 0.2) is 11.6 Å². The summed E-state index contributed by atoms with van der Waals surface area (Å²) in [7, 11) is 3.69. The van der Waals surface area contributed by atoms with Crippen LogP contribution in [0.25, 0.3) is 0 Å². The Bertz CT molecular complexity index is 865. The molecule has 2 aromatic rings. The summed E-state index contributed by atoms with van der Waals surface area (Å²) in [5.41, 5.74) is 0.183. The fourth-order valence-corrected chi connectivity index (χ4v) is 2.18. The number of hydrogen-bond donors (Lipinski definition) is 1. The van der Waals surface area contributed by atoms with Gasteiger partial charge >= 0.3 is 11.9 Å². The van der Waals surface area contributed by atoms with E-state index in [9.17, 15) is 18.8 Å². The zero-order chi connectivity index (χ0) is 19.3. The van der Waals surface area contributed by atoms with Gasteiger partial charge in [0.25, 0.3) is 5.91 Å². The van der Waals surface area contributed by atoms with E-state index in [0.29, 0.717) is 0 Å². The molecular formula is C18H16FNO6. The van der Waals surface area contributed by atoms with E-state index in [4.69, 9.17) is 4.74 Å². The molecule has 7 nitrogen and oxygen atoms in total. The molecule has 1 N–H and O–H groups in total. The molecule has 0 aliphatic carbocycles. The lowest BCUT2D eigenvalue weighted by molar-refractivity contribution is 0.0587. The van der Waals surface area contributed by atoms with Crippen molar-refractivity contribution < 1.29 is 33.0 Å². The maximum atomic E-state index is 13.8. The molecule has 0 radical (unpaired) electrons. The molecule has 0 aliphatic rings. The standard InChI is InChI=1S/C18H16FNO6/c1-24-15-7-5-10(8-13(15)19)16(21)20-14-9-11(17(22)25-2)4-6-12(14)18(23)26-3/h4-9H,1-3H3,(H,20,21). The van der Waals surface area contributed by atoms with Gasteiger partial charge in [-0.25, -0.2) is 14.0 Å². The fourth-order valence-electron chi connectivity index (χ4n) is 2.18. The lowest BCUT2D eigenvalue weighted by Crippen LogP contribution is -2.16. The number of esters is 2. The van der Waals surface area contributed by atoms with Gasteiger partial charge in [0.05, 0.1) is 38.1 Å². The largest absolute Gasteiger partial charge is 0.494 e. The number of carbonyl (C=O) groups excluding carboxylic acids is 3. The maximum Gasteiger partial charge on any atom is 0.339 e. The molecule has 2 rings (SSSR count). The molecule has 8 heteroatoms. The first-order valence-corrected chi connectivity index (χ1v) is 7.36. The first kappa shape index (κ1) is 18.9. The van der Waals surface area contributed by atoms with Gasteiger partial charge in [-0.3, -0.25) is 4.79 Å². The summed E-state index contributed by atoms with van der Waals surface area (Å²) in [5.74, 6) is -2.76. The lowest BCUT2D eigenvalue weighted by atomic mass is 10.1. The number of benzene rings is 2. The second-order valence-electron chi connectivity index (χ2n) is 5.05. The van der Waals surface area contributed by atoms with Gasteiger partial charge in [-0.15, -0.1) is 0 Å². The third-order valence-corrected chi connectivity index (χ3v) is 3.51. The normalized spacial score (nSPS) is 10.0. The predicted octanol–water partition coefficient (Wildman–Crippen LogP) is 2.66. The number of nitrogens with one attached hydrogen (secondary N) is 1. The number of hydrogen-bond acceptors (Lipinski definition) is 6. The Hall–Kier alpha value is -3.42. The fraction of sp³-hybridized carbons (Fsp3) is 0.167. The highest BCUT2D eigenvalue weighted by Crippen LogP contribution is 2.22.